The number of nitrogens with one attached hydrogen (secondary N) is 1. The topological polar surface area (TPSA) is 80.6 Å². The molecule has 1 saturated heterocycles. The van der Waals surface area contributed by atoms with Crippen LogP contribution >= 0.6 is 0 Å². The van der Waals surface area contributed by atoms with Gasteiger partial charge in [-0.3, -0.25) is 9.59 Å². The smallest absolute Gasteiger partial charge is 0.338 e. The monoisotopic (exact) mass is 409 g/mol. The second kappa shape index (κ2) is 7.63. The van der Waals surface area contributed by atoms with Crippen LogP contribution in [0.5, 0.6) is 0 Å². The van der Waals surface area contributed by atoms with Gasteiger partial charge in [-0.1, -0.05) is 0 Å². The zero-order chi connectivity index (χ0) is 21.6. The van der Waals surface area contributed by atoms with Crippen molar-refractivity contribution in [1.82, 2.24) is 4.57 Å². The third kappa shape index (κ3) is 3.38. The van der Waals surface area contributed by atoms with Crippen LogP contribution < -0.4 is 10.2 Å². The van der Waals surface area contributed by atoms with E-state index in [9.17, 15) is 14.4 Å². The van der Waals surface area contributed by atoms with Gasteiger partial charge in [0, 0.05) is 29.5 Å². The lowest BCUT2D eigenvalue weighted by atomic mass is 10.1. The molecule has 3 heterocycles. The summed E-state index contributed by atoms with van der Waals surface area (Å²) in [5.74, 6) is -0.850. The summed E-state index contributed by atoms with van der Waals surface area (Å²) < 4.78 is 7.38. The fraction of sp³-hybridized carbons (Fsp3) is 0.435. The molecule has 0 unspecified atom stereocenters. The minimum absolute atomic E-state index is 0.0406. The van der Waals surface area contributed by atoms with Crippen LogP contribution in [0.4, 0.5) is 11.4 Å². The number of benzene rings is 1. The largest absolute Gasteiger partial charge is 0.454 e. The summed E-state index contributed by atoms with van der Waals surface area (Å²) in [6.07, 6.45) is 1.81. The number of carbonyl (C=O) groups is 3. The highest BCUT2D eigenvalue weighted by atomic mass is 16.5. The molecule has 158 valence electrons. The Kier molecular flexibility index (Phi) is 5.13. The maximum atomic E-state index is 12.6. The third-order valence-electron chi connectivity index (χ3n) is 5.99. The zero-order valence-electron chi connectivity index (χ0n) is 17.8. The van der Waals surface area contributed by atoms with E-state index in [1.165, 1.54) is 0 Å². The predicted molar refractivity (Wildman–Crippen MR) is 114 cm³/mol. The van der Waals surface area contributed by atoms with Crippen LogP contribution in [0.25, 0.3) is 0 Å². The molecular weight excluding hydrogens is 382 g/mol. The average Bonchev–Trinajstić information content (AvgIpc) is 3.30. The van der Waals surface area contributed by atoms with Crippen molar-refractivity contribution in [3.63, 3.8) is 0 Å². The number of hydrogen-bond donors (Lipinski definition) is 1. The normalized spacial score (nSPS) is 17.6. The van der Waals surface area contributed by atoms with Crippen molar-refractivity contribution >= 4 is 29.0 Å². The zero-order valence-corrected chi connectivity index (χ0v) is 17.8. The van der Waals surface area contributed by atoms with Gasteiger partial charge >= 0.3 is 5.97 Å². The number of esters is 1. The lowest BCUT2D eigenvalue weighted by Crippen LogP contribution is -2.43. The van der Waals surface area contributed by atoms with Crippen molar-refractivity contribution in [2.75, 3.05) is 23.4 Å². The molecule has 7 heteroatoms. The van der Waals surface area contributed by atoms with Gasteiger partial charge in [0.25, 0.3) is 0 Å². The van der Waals surface area contributed by atoms with Gasteiger partial charge < -0.3 is 19.5 Å². The molecule has 0 aliphatic carbocycles. The quantitative estimate of drug-likeness (QED) is 0.602. The maximum absolute atomic E-state index is 12.6. The van der Waals surface area contributed by atoms with Crippen molar-refractivity contribution in [3.05, 3.63) is 46.8 Å². The Hall–Kier alpha value is -3.09. The van der Waals surface area contributed by atoms with Crippen molar-refractivity contribution in [1.29, 1.82) is 0 Å². The number of fused-ring (bicyclic) bond motifs is 3. The molecular formula is C23H27N3O4. The van der Waals surface area contributed by atoms with Gasteiger partial charge in [-0.15, -0.1) is 0 Å². The number of amides is 1. The number of ether oxygens (including phenoxy) is 1. The van der Waals surface area contributed by atoms with Crippen LogP contribution in [0.15, 0.2) is 24.3 Å². The SMILES string of the molecule is Cc1cc(C(=O)COC(=O)c2ccc3c(c2)NC(=O)[C@@H]2CCCN32)c(C)n1C(C)C. The number of rotatable bonds is 5. The number of carbonyl (C=O) groups excluding carboxylic acids is 3. The lowest BCUT2D eigenvalue weighted by Gasteiger charge is -2.33. The van der Waals surface area contributed by atoms with Crippen LogP contribution in [0.1, 0.15) is 64.8 Å². The number of ketones is 1. The van der Waals surface area contributed by atoms with E-state index < -0.39 is 5.97 Å². The van der Waals surface area contributed by atoms with E-state index >= 15 is 0 Å². The molecule has 2 aliphatic heterocycles. The summed E-state index contributed by atoms with van der Waals surface area (Å²) in [4.78, 5) is 39.5. The molecule has 2 aliphatic rings. The first kappa shape index (κ1) is 20.2. The van der Waals surface area contributed by atoms with Gasteiger partial charge in [0.05, 0.1) is 16.9 Å². The summed E-state index contributed by atoms with van der Waals surface area (Å²) in [5.41, 5.74) is 4.30. The molecule has 2 aromatic rings. The number of aryl methyl sites for hydroxylation is 1. The molecule has 0 bridgehead atoms. The van der Waals surface area contributed by atoms with Crippen LogP contribution in [0.2, 0.25) is 0 Å². The van der Waals surface area contributed by atoms with Crippen molar-refractivity contribution in [2.45, 2.75) is 52.6 Å². The molecule has 1 atom stereocenters. The lowest BCUT2D eigenvalue weighted by molar-refractivity contribution is -0.117. The van der Waals surface area contributed by atoms with Crippen LogP contribution in [0.3, 0.4) is 0 Å². The van der Waals surface area contributed by atoms with Gasteiger partial charge in [-0.05, 0) is 64.8 Å². The standard InChI is InChI=1S/C23H27N3O4/c1-13(2)26-14(3)10-17(15(26)4)21(27)12-30-23(29)16-7-8-19-18(11-16)24-22(28)20-6-5-9-25(19)20/h7-8,10-11,13,20H,5-6,9,12H2,1-4H3,(H,24,28)/t20-/m0/s1. The number of Topliss-reactive ketones (excluding diaryl/α,β-unsaturated/α-hetero) is 1. The minimum atomic E-state index is -0.582. The Morgan fingerprint density at radius 2 is 2.00 bits per heavy atom. The second-order valence-electron chi connectivity index (χ2n) is 8.32. The fourth-order valence-electron chi connectivity index (χ4n) is 4.70. The fourth-order valence-corrected chi connectivity index (χ4v) is 4.70. The second-order valence-corrected chi connectivity index (χ2v) is 8.32. The highest BCUT2D eigenvalue weighted by molar-refractivity contribution is 6.06. The molecule has 0 spiro atoms. The molecule has 7 nitrogen and oxygen atoms in total. The van der Waals surface area contributed by atoms with Gasteiger partial charge in [0.1, 0.15) is 6.04 Å². The first-order valence-electron chi connectivity index (χ1n) is 10.4. The molecule has 1 aromatic heterocycles. The summed E-state index contributed by atoms with van der Waals surface area (Å²) >= 11 is 0. The first-order chi connectivity index (χ1) is 14.3. The van der Waals surface area contributed by atoms with Crippen molar-refractivity contribution in [2.24, 2.45) is 0 Å². The molecule has 1 aromatic carbocycles. The van der Waals surface area contributed by atoms with Gasteiger partial charge in [0.2, 0.25) is 11.7 Å². The Balaban J connectivity index is 1.46. The molecule has 0 radical (unpaired) electrons. The molecule has 1 N–H and O–H groups in total. The Bertz CT molecular complexity index is 1040. The Morgan fingerprint density at radius 1 is 1.23 bits per heavy atom. The maximum Gasteiger partial charge on any atom is 0.338 e. The Morgan fingerprint density at radius 3 is 2.70 bits per heavy atom. The van der Waals surface area contributed by atoms with E-state index in [4.69, 9.17) is 4.74 Å². The summed E-state index contributed by atoms with van der Waals surface area (Å²) in [5, 5.41) is 2.89. The van der Waals surface area contributed by atoms with E-state index in [0.29, 0.717) is 16.8 Å². The van der Waals surface area contributed by atoms with Gasteiger partial charge in [0.15, 0.2) is 6.61 Å². The summed E-state index contributed by atoms with van der Waals surface area (Å²) in [6, 6.07) is 7.10. The number of hydrogen-bond acceptors (Lipinski definition) is 5. The van der Waals surface area contributed by atoms with Crippen molar-refractivity contribution < 1.29 is 19.1 Å². The molecule has 30 heavy (non-hydrogen) atoms. The Labute approximate surface area is 176 Å². The van der Waals surface area contributed by atoms with E-state index in [0.717, 1.165) is 36.5 Å². The van der Waals surface area contributed by atoms with Crippen LogP contribution in [0, 0.1) is 13.8 Å². The molecule has 0 saturated carbocycles. The van der Waals surface area contributed by atoms with Crippen LogP contribution in [-0.2, 0) is 9.53 Å². The number of aromatic nitrogens is 1. The number of anilines is 2. The average molecular weight is 409 g/mol. The van der Waals surface area contributed by atoms with Gasteiger partial charge in [-0.25, -0.2) is 4.79 Å². The number of nitrogens with zero attached hydrogens (tertiary/aromatic N) is 2. The van der Waals surface area contributed by atoms with Crippen LogP contribution in [-0.4, -0.2) is 41.4 Å². The predicted octanol–water partition coefficient (Wildman–Crippen LogP) is 3.65. The summed E-state index contributed by atoms with van der Waals surface area (Å²) in [6.45, 7) is 8.50. The first-order valence-corrected chi connectivity index (χ1v) is 10.4. The van der Waals surface area contributed by atoms with E-state index in [2.05, 4.69) is 28.6 Å². The molecule has 4 rings (SSSR count). The highest BCUT2D eigenvalue weighted by Crippen LogP contribution is 2.37. The highest BCUT2D eigenvalue weighted by Gasteiger charge is 2.36. The van der Waals surface area contributed by atoms with E-state index in [1.807, 2.05) is 26.0 Å². The third-order valence-corrected chi connectivity index (χ3v) is 5.99. The van der Waals surface area contributed by atoms with Gasteiger partial charge in [-0.2, -0.15) is 0 Å². The van der Waals surface area contributed by atoms with E-state index in [-0.39, 0.29) is 30.4 Å². The summed E-state index contributed by atoms with van der Waals surface area (Å²) in [7, 11) is 0. The molecule has 1 fully saturated rings. The van der Waals surface area contributed by atoms with E-state index in [1.54, 1.807) is 12.1 Å². The molecule has 1 amide bonds. The minimum Gasteiger partial charge on any atom is -0.454 e. The van der Waals surface area contributed by atoms with Crippen molar-refractivity contribution in [3.8, 4) is 0 Å².